The summed E-state index contributed by atoms with van der Waals surface area (Å²) in [6, 6.07) is 4.54. The molecule has 6 nitrogen and oxygen atoms in total. The molecule has 0 aromatic heterocycles. The highest BCUT2D eigenvalue weighted by atomic mass is 35.5. The first-order chi connectivity index (χ1) is 9.29. The van der Waals surface area contributed by atoms with Crippen molar-refractivity contribution in [1.82, 2.24) is 4.90 Å². The number of carbonyl (C=O) groups is 3. The first kappa shape index (κ1) is 16.3. The van der Waals surface area contributed by atoms with E-state index in [-0.39, 0.29) is 11.4 Å². The van der Waals surface area contributed by atoms with Crippen molar-refractivity contribution in [3.05, 3.63) is 33.8 Å². The van der Waals surface area contributed by atoms with E-state index in [9.17, 15) is 14.4 Å². The van der Waals surface area contributed by atoms with Gasteiger partial charge in [0.15, 0.2) is 0 Å². The zero-order valence-corrected chi connectivity index (χ0v) is 11.7. The lowest BCUT2D eigenvalue weighted by Gasteiger charge is -2.18. The van der Waals surface area contributed by atoms with E-state index in [1.807, 2.05) is 0 Å². The van der Waals surface area contributed by atoms with Crippen LogP contribution in [0.2, 0.25) is 10.0 Å². The summed E-state index contributed by atoms with van der Waals surface area (Å²) in [7, 11) is 0. The van der Waals surface area contributed by atoms with E-state index in [0.717, 1.165) is 4.90 Å². The van der Waals surface area contributed by atoms with Gasteiger partial charge in [0.05, 0.1) is 16.5 Å². The lowest BCUT2D eigenvalue weighted by molar-refractivity contribution is -0.149. The molecule has 1 aromatic rings. The van der Waals surface area contributed by atoms with Gasteiger partial charge < -0.3 is 15.1 Å². The smallest absolute Gasteiger partial charge is 0.323 e. The fraction of sp³-hybridized carbons (Fsp3) is 0.250. The standard InChI is InChI=1S/C12H11Cl2NO5/c13-8-2-1-7(3-9(8)14)4-10(16)15(5-11(17)18)6-12(19)20/h1-3H,4-6H2,(H,17,18)(H,19,20). The third-order valence-corrected chi connectivity index (χ3v) is 3.08. The molecule has 0 heterocycles. The highest BCUT2D eigenvalue weighted by Crippen LogP contribution is 2.23. The Morgan fingerprint density at radius 1 is 1.00 bits per heavy atom. The number of halogens is 2. The Morgan fingerprint density at radius 2 is 1.55 bits per heavy atom. The molecule has 0 saturated heterocycles. The number of nitrogens with zero attached hydrogens (tertiary/aromatic N) is 1. The van der Waals surface area contributed by atoms with Crippen LogP contribution in [-0.4, -0.2) is 46.0 Å². The lowest BCUT2D eigenvalue weighted by Crippen LogP contribution is -2.40. The minimum Gasteiger partial charge on any atom is -0.480 e. The van der Waals surface area contributed by atoms with Gasteiger partial charge in [0.25, 0.3) is 0 Å². The summed E-state index contributed by atoms with van der Waals surface area (Å²) in [5, 5.41) is 17.9. The maximum atomic E-state index is 11.9. The molecule has 0 aliphatic carbocycles. The lowest BCUT2D eigenvalue weighted by atomic mass is 10.1. The van der Waals surface area contributed by atoms with E-state index in [4.69, 9.17) is 33.4 Å². The van der Waals surface area contributed by atoms with Crippen LogP contribution < -0.4 is 0 Å². The number of benzene rings is 1. The molecule has 0 atom stereocenters. The van der Waals surface area contributed by atoms with Gasteiger partial charge in [-0.3, -0.25) is 14.4 Å². The van der Waals surface area contributed by atoms with Gasteiger partial charge in [-0.15, -0.1) is 0 Å². The number of hydrogen-bond acceptors (Lipinski definition) is 3. The minimum atomic E-state index is -1.28. The fourth-order valence-corrected chi connectivity index (χ4v) is 1.82. The van der Waals surface area contributed by atoms with Gasteiger partial charge in [-0.25, -0.2) is 0 Å². The van der Waals surface area contributed by atoms with Crippen molar-refractivity contribution in [2.24, 2.45) is 0 Å². The van der Waals surface area contributed by atoms with E-state index in [1.54, 1.807) is 6.07 Å². The molecule has 1 aromatic carbocycles. The van der Waals surface area contributed by atoms with E-state index in [0.29, 0.717) is 10.6 Å². The molecule has 108 valence electrons. The molecule has 8 heteroatoms. The highest BCUT2D eigenvalue weighted by molar-refractivity contribution is 6.42. The van der Waals surface area contributed by atoms with Crippen molar-refractivity contribution in [2.45, 2.75) is 6.42 Å². The first-order valence-corrected chi connectivity index (χ1v) is 6.20. The van der Waals surface area contributed by atoms with Gasteiger partial charge in [0, 0.05) is 0 Å². The fourth-order valence-electron chi connectivity index (χ4n) is 1.49. The number of rotatable bonds is 6. The Kier molecular flexibility index (Phi) is 5.79. The van der Waals surface area contributed by atoms with Crippen LogP contribution in [0.4, 0.5) is 0 Å². The molecule has 0 fully saturated rings. The highest BCUT2D eigenvalue weighted by Gasteiger charge is 2.20. The molecule has 0 bridgehead atoms. The second-order valence-corrected chi connectivity index (χ2v) is 4.78. The Labute approximate surface area is 124 Å². The van der Waals surface area contributed by atoms with Crippen LogP contribution in [0, 0.1) is 0 Å². The largest absolute Gasteiger partial charge is 0.480 e. The second-order valence-electron chi connectivity index (χ2n) is 3.96. The van der Waals surface area contributed by atoms with Crippen LogP contribution in [0.25, 0.3) is 0 Å². The third-order valence-electron chi connectivity index (χ3n) is 2.34. The number of carbonyl (C=O) groups excluding carboxylic acids is 1. The molecular weight excluding hydrogens is 309 g/mol. The molecule has 1 amide bonds. The summed E-state index contributed by atoms with van der Waals surface area (Å²) < 4.78 is 0. The van der Waals surface area contributed by atoms with Gasteiger partial charge >= 0.3 is 11.9 Å². The van der Waals surface area contributed by atoms with Crippen molar-refractivity contribution in [1.29, 1.82) is 0 Å². The maximum Gasteiger partial charge on any atom is 0.323 e. The van der Waals surface area contributed by atoms with Crippen molar-refractivity contribution >= 4 is 41.0 Å². The van der Waals surface area contributed by atoms with Gasteiger partial charge in [-0.05, 0) is 17.7 Å². The normalized spacial score (nSPS) is 10.1. The first-order valence-electron chi connectivity index (χ1n) is 5.45. The number of carboxylic acids is 2. The van der Waals surface area contributed by atoms with Crippen LogP contribution in [-0.2, 0) is 20.8 Å². The Bertz CT molecular complexity index is 531. The molecule has 0 spiro atoms. The molecule has 0 unspecified atom stereocenters. The van der Waals surface area contributed by atoms with Crippen molar-refractivity contribution in [3.8, 4) is 0 Å². The zero-order valence-electron chi connectivity index (χ0n) is 10.2. The second kappa shape index (κ2) is 7.12. The van der Waals surface area contributed by atoms with Crippen LogP contribution >= 0.6 is 23.2 Å². The van der Waals surface area contributed by atoms with Gasteiger partial charge in [-0.2, -0.15) is 0 Å². The van der Waals surface area contributed by atoms with Crippen molar-refractivity contribution < 1.29 is 24.6 Å². The summed E-state index contributed by atoms with van der Waals surface area (Å²) >= 11 is 11.5. The topological polar surface area (TPSA) is 94.9 Å². The molecule has 1 rings (SSSR count). The monoisotopic (exact) mass is 319 g/mol. The predicted molar refractivity (Wildman–Crippen MR) is 72.0 cm³/mol. The van der Waals surface area contributed by atoms with Crippen LogP contribution in [0.5, 0.6) is 0 Å². The number of hydrogen-bond donors (Lipinski definition) is 2. The molecule has 0 aliphatic heterocycles. The average Bonchev–Trinajstić information content (AvgIpc) is 2.32. The average molecular weight is 320 g/mol. The van der Waals surface area contributed by atoms with Crippen LogP contribution in [0.1, 0.15) is 5.56 Å². The summed E-state index contributed by atoms with van der Waals surface area (Å²) in [6.45, 7) is -1.35. The van der Waals surface area contributed by atoms with Crippen molar-refractivity contribution in [3.63, 3.8) is 0 Å². The Balaban J connectivity index is 2.81. The molecule has 2 N–H and O–H groups in total. The minimum absolute atomic E-state index is 0.155. The SMILES string of the molecule is O=C(O)CN(CC(=O)O)C(=O)Cc1ccc(Cl)c(Cl)c1. The zero-order chi connectivity index (χ0) is 15.3. The Morgan fingerprint density at radius 3 is 2.00 bits per heavy atom. The molecule has 20 heavy (non-hydrogen) atoms. The summed E-state index contributed by atoms with van der Waals surface area (Å²) in [5.74, 6) is -3.18. The summed E-state index contributed by atoms with van der Waals surface area (Å²) in [4.78, 5) is 33.9. The quantitative estimate of drug-likeness (QED) is 0.829. The molecule has 0 aliphatic rings. The van der Waals surface area contributed by atoms with Gasteiger partial charge in [0.2, 0.25) is 5.91 Å². The molecule has 0 radical (unpaired) electrons. The van der Waals surface area contributed by atoms with Crippen molar-refractivity contribution in [2.75, 3.05) is 13.1 Å². The van der Waals surface area contributed by atoms with Gasteiger partial charge in [-0.1, -0.05) is 29.3 Å². The van der Waals surface area contributed by atoms with E-state index >= 15 is 0 Å². The predicted octanol–water partition coefficient (Wildman–Crippen LogP) is 1.53. The van der Waals surface area contributed by atoms with E-state index in [2.05, 4.69) is 0 Å². The van der Waals surface area contributed by atoms with E-state index in [1.165, 1.54) is 12.1 Å². The Hall–Kier alpha value is -1.79. The summed E-state index contributed by atoms with van der Waals surface area (Å²) in [6.07, 6.45) is -0.155. The van der Waals surface area contributed by atoms with E-state index < -0.39 is 30.9 Å². The third kappa shape index (κ3) is 5.07. The molecule has 0 saturated carbocycles. The van der Waals surface area contributed by atoms with Crippen LogP contribution in [0.15, 0.2) is 18.2 Å². The number of carboxylic acid groups (broad SMARTS) is 2. The maximum absolute atomic E-state index is 11.9. The number of amides is 1. The number of aliphatic carboxylic acids is 2. The molecular formula is C12H11Cl2NO5. The summed E-state index contributed by atoms with van der Waals surface area (Å²) in [5.41, 5.74) is 0.519. The van der Waals surface area contributed by atoms with Crippen LogP contribution in [0.3, 0.4) is 0 Å². The van der Waals surface area contributed by atoms with Gasteiger partial charge in [0.1, 0.15) is 13.1 Å².